The van der Waals surface area contributed by atoms with Crippen molar-refractivity contribution >= 4 is 0 Å². The average Bonchev–Trinajstić information content (AvgIpc) is 2.93. The molecule has 1 aromatic rings. The van der Waals surface area contributed by atoms with Crippen LogP contribution in [-0.4, -0.2) is 13.1 Å². The molecular weight excluding hydrogens is 218 g/mol. The molecule has 1 N–H and O–H groups in total. The second-order valence-electron chi connectivity index (χ2n) is 6.81. The van der Waals surface area contributed by atoms with Gasteiger partial charge in [0.05, 0.1) is 0 Å². The molecule has 0 heterocycles. The highest BCUT2D eigenvalue weighted by atomic mass is 14.9. The fourth-order valence-corrected chi connectivity index (χ4v) is 2.78. The molecule has 2 atom stereocenters. The lowest BCUT2D eigenvalue weighted by Gasteiger charge is -2.22. The molecular formula is C17H27N. The SMILES string of the molecule is CC(C)C(CNCC1CC1(C)C)c1ccccc1. The van der Waals surface area contributed by atoms with Crippen LogP contribution in [0.2, 0.25) is 0 Å². The van der Waals surface area contributed by atoms with Crippen molar-refractivity contribution in [2.24, 2.45) is 17.3 Å². The molecule has 1 heteroatoms. The van der Waals surface area contributed by atoms with Gasteiger partial charge < -0.3 is 5.32 Å². The Kier molecular flexibility index (Phi) is 4.11. The smallest absolute Gasteiger partial charge is 0.00227 e. The topological polar surface area (TPSA) is 12.0 Å². The lowest BCUT2D eigenvalue weighted by Crippen LogP contribution is -2.27. The minimum atomic E-state index is 0.590. The molecule has 0 amide bonds. The number of nitrogens with one attached hydrogen (secondary N) is 1. The molecule has 1 fully saturated rings. The van der Waals surface area contributed by atoms with Crippen molar-refractivity contribution in [1.82, 2.24) is 5.32 Å². The van der Waals surface area contributed by atoms with Crippen LogP contribution in [0.5, 0.6) is 0 Å². The minimum absolute atomic E-state index is 0.590. The Labute approximate surface area is 112 Å². The Morgan fingerprint density at radius 2 is 1.83 bits per heavy atom. The summed E-state index contributed by atoms with van der Waals surface area (Å²) in [5.74, 6) is 2.21. The second kappa shape index (κ2) is 5.44. The van der Waals surface area contributed by atoms with E-state index >= 15 is 0 Å². The van der Waals surface area contributed by atoms with Crippen LogP contribution >= 0.6 is 0 Å². The van der Waals surface area contributed by atoms with Gasteiger partial charge in [-0.15, -0.1) is 0 Å². The van der Waals surface area contributed by atoms with E-state index < -0.39 is 0 Å². The van der Waals surface area contributed by atoms with Gasteiger partial charge in [-0.05, 0) is 41.7 Å². The summed E-state index contributed by atoms with van der Waals surface area (Å²) in [6.45, 7) is 11.7. The maximum absolute atomic E-state index is 3.68. The molecule has 2 rings (SSSR count). The molecule has 0 aliphatic heterocycles. The van der Waals surface area contributed by atoms with E-state index in [1.165, 1.54) is 18.5 Å². The predicted molar refractivity (Wildman–Crippen MR) is 78.8 cm³/mol. The van der Waals surface area contributed by atoms with Crippen LogP contribution in [0.3, 0.4) is 0 Å². The summed E-state index contributed by atoms with van der Waals surface area (Å²) in [6, 6.07) is 10.9. The Hall–Kier alpha value is -0.820. The highest BCUT2D eigenvalue weighted by Gasteiger charge is 2.44. The first kappa shape index (κ1) is 13.6. The zero-order chi connectivity index (χ0) is 13.2. The number of rotatable bonds is 6. The summed E-state index contributed by atoms with van der Waals surface area (Å²) >= 11 is 0. The molecule has 1 aromatic carbocycles. The van der Waals surface area contributed by atoms with Crippen molar-refractivity contribution in [1.29, 1.82) is 0 Å². The highest BCUT2D eigenvalue weighted by molar-refractivity contribution is 5.20. The molecule has 2 unspecified atom stereocenters. The zero-order valence-corrected chi connectivity index (χ0v) is 12.2. The summed E-state index contributed by atoms with van der Waals surface area (Å²) in [7, 11) is 0. The number of benzene rings is 1. The third-order valence-electron chi connectivity index (χ3n) is 4.50. The first-order chi connectivity index (χ1) is 8.50. The van der Waals surface area contributed by atoms with Crippen molar-refractivity contribution in [2.45, 2.75) is 40.0 Å². The normalized spacial score (nSPS) is 23.1. The van der Waals surface area contributed by atoms with Crippen LogP contribution in [0.25, 0.3) is 0 Å². The van der Waals surface area contributed by atoms with Crippen molar-refractivity contribution in [3.05, 3.63) is 35.9 Å². The molecule has 1 aliphatic rings. The van der Waals surface area contributed by atoms with Gasteiger partial charge in [0.2, 0.25) is 0 Å². The van der Waals surface area contributed by atoms with E-state index in [0.717, 1.165) is 12.5 Å². The van der Waals surface area contributed by atoms with Gasteiger partial charge in [-0.1, -0.05) is 58.0 Å². The van der Waals surface area contributed by atoms with Crippen molar-refractivity contribution in [2.75, 3.05) is 13.1 Å². The fraction of sp³-hybridized carbons (Fsp3) is 0.647. The van der Waals surface area contributed by atoms with Crippen LogP contribution < -0.4 is 5.32 Å². The van der Waals surface area contributed by atoms with Crippen LogP contribution in [0.4, 0.5) is 0 Å². The average molecular weight is 245 g/mol. The fourth-order valence-electron chi connectivity index (χ4n) is 2.78. The van der Waals surface area contributed by atoms with Gasteiger partial charge in [0.25, 0.3) is 0 Å². The first-order valence-corrected chi connectivity index (χ1v) is 7.26. The van der Waals surface area contributed by atoms with E-state index in [2.05, 4.69) is 63.3 Å². The third-order valence-corrected chi connectivity index (χ3v) is 4.50. The summed E-state index contributed by atoms with van der Waals surface area (Å²) in [4.78, 5) is 0. The van der Waals surface area contributed by atoms with E-state index in [0.29, 0.717) is 17.3 Å². The van der Waals surface area contributed by atoms with Crippen molar-refractivity contribution in [3.8, 4) is 0 Å². The van der Waals surface area contributed by atoms with Gasteiger partial charge in [0, 0.05) is 6.54 Å². The summed E-state index contributed by atoms with van der Waals surface area (Å²) in [5, 5.41) is 3.68. The summed E-state index contributed by atoms with van der Waals surface area (Å²) in [5.41, 5.74) is 2.06. The third kappa shape index (κ3) is 3.35. The molecule has 0 bridgehead atoms. The molecule has 0 aromatic heterocycles. The quantitative estimate of drug-likeness (QED) is 0.797. The number of hydrogen-bond donors (Lipinski definition) is 1. The van der Waals surface area contributed by atoms with E-state index in [4.69, 9.17) is 0 Å². The number of hydrogen-bond acceptors (Lipinski definition) is 1. The van der Waals surface area contributed by atoms with E-state index in [-0.39, 0.29) is 0 Å². The standard InChI is InChI=1S/C17H27N/c1-13(2)16(14-8-6-5-7-9-14)12-18-11-15-10-17(15,3)4/h5-9,13,15-16,18H,10-12H2,1-4H3. The molecule has 1 nitrogen and oxygen atoms in total. The second-order valence-corrected chi connectivity index (χ2v) is 6.81. The maximum atomic E-state index is 3.68. The highest BCUT2D eigenvalue weighted by Crippen LogP contribution is 2.51. The van der Waals surface area contributed by atoms with E-state index in [9.17, 15) is 0 Å². The Morgan fingerprint density at radius 1 is 1.22 bits per heavy atom. The van der Waals surface area contributed by atoms with Gasteiger partial charge in [-0.3, -0.25) is 0 Å². The summed E-state index contributed by atoms with van der Waals surface area (Å²) < 4.78 is 0. The van der Waals surface area contributed by atoms with Gasteiger partial charge >= 0.3 is 0 Å². The Bertz CT molecular complexity index is 366. The lowest BCUT2D eigenvalue weighted by molar-refractivity contribution is 0.441. The lowest BCUT2D eigenvalue weighted by atomic mass is 9.88. The molecule has 0 radical (unpaired) electrons. The molecule has 1 aliphatic carbocycles. The largest absolute Gasteiger partial charge is 0.316 e. The molecule has 18 heavy (non-hydrogen) atoms. The predicted octanol–water partition coefficient (Wildman–Crippen LogP) is 4.06. The van der Waals surface area contributed by atoms with E-state index in [1.54, 1.807) is 0 Å². The summed E-state index contributed by atoms with van der Waals surface area (Å²) in [6.07, 6.45) is 1.39. The van der Waals surface area contributed by atoms with Crippen LogP contribution in [-0.2, 0) is 0 Å². The molecule has 0 spiro atoms. The van der Waals surface area contributed by atoms with Crippen molar-refractivity contribution in [3.63, 3.8) is 0 Å². The van der Waals surface area contributed by atoms with Gasteiger partial charge in [-0.2, -0.15) is 0 Å². The zero-order valence-electron chi connectivity index (χ0n) is 12.2. The van der Waals surface area contributed by atoms with Crippen LogP contribution in [0, 0.1) is 17.3 Å². The van der Waals surface area contributed by atoms with Crippen molar-refractivity contribution < 1.29 is 0 Å². The maximum Gasteiger partial charge on any atom is 0.00227 e. The minimum Gasteiger partial charge on any atom is -0.316 e. The van der Waals surface area contributed by atoms with E-state index in [1.807, 2.05) is 0 Å². The van der Waals surface area contributed by atoms with Gasteiger partial charge in [-0.25, -0.2) is 0 Å². The van der Waals surface area contributed by atoms with Crippen LogP contribution in [0.1, 0.15) is 45.6 Å². The molecule has 100 valence electrons. The first-order valence-electron chi connectivity index (χ1n) is 7.26. The molecule has 1 saturated carbocycles. The molecule has 0 saturated heterocycles. The Morgan fingerprint density at radius 3 is 2.33 bits per heavy atom. The van der Waals surface area contributed by atoms with Crippen LogP contribution in [0.15, 0.2) is 30.3 Å². The Balaban J connectivity index is 1.84. The monoisotopic (exact) mass is 245 g/mol. The van der Waals surface area contributed by atoms with Gasteiger partial charge in [0.15, 0.2) is 0 Å². The van der Waals surface area contributed by atoms with Gasteiger partial charge in [0.1, 0.15) is 0 Å².